The molecule has 1 fully saturated rings. The Hall–Kier alpha value is -0.300. The molecule has 0 bridgehead atoms. The van der Waals surface area contributed by atoms with Crippen LogP contribution in [0.4, 0.5) is 13.2 Å². The lowest BCUT2D eigenvalue weighted by Gasteiger charge is -2.37. The molecule has 7 heteroatoms. The van der Waals surface area contributed by atoms with Gasteiger partial charge < -0.3 is 9.64 Å². The lowest BCUT2D eigenvalue weighted by Crippen LogP contribution is -2.45. The molecule has 1 aliphatic rings. The summed E-state index contributed by atoms with van der Waals surface area (Å²) < 4.78 is 39.9. The molecule has 106 valence electrons. The second-order valence-electron chi connectivity index (χ2n) is 4.28. The van der Waals surface area contributed by atoms with Gasteiger partial charge in [-0.3, -0.25) is 4.79 Å². The standard InChI is InChI=1S/C11H17BrF3NO2/c12-5-6-16(9-2-1-3-9)10(17)4-7-18-8-11(13,14)15/h9H,1-8H2. The largest absolute Gasteiger partial charge is 0.411 e. The Morgan fingerprint density at radius 1 is 1.39 bits per heavy atom. The number of ether oxygens (including phenoxy) is 1. The summed E-state index contributed by atoms with van der Waals surface area (Å²) in [5.74, 6) is -0.124. The van der Waals surface area contributed by atoms with E-state index in [1.807, 2.05) is 0 Å². The maximum atomic E-state index is 11.8. The van der Waals surface area contributed by atoms with Crippen LogP contribution in [0.25, 0.3) is 0 Å². The number of hydrogen-bond donors (Lipinski definition) is 0. The number of hydrogen-bond acceptors (Lipinski definition) is 2. The third-order valence-corrected chi connectivity index (χ3v) is 3.24. The summed E-state index contributed by atoms with van der Waals surface area (Å²) in [5.41, 5.74) is 0. The fourth-order valence-electron chi connectivity index (χ4n) is 1.79. The van der Waals surface area contributed by atoms with Crippen molar-refractivity contribution in [2.75, 3.05) is 25.1 Å². The smallest absolute Gasteiger partial charge is 0.372 e. The van der Waals surface area contributed by atoms with Crippen molar-refractivity contribution in [3.8, 4) is 0 Å². The Labute approximate surface area is 113 Å². The predicted octanol–water partition coefficient (Wildman–Crippen LogP) is 2.73. The molecule has 3 nitrogen and oxygen atoms in total. The molecular formula is C11H17BrF3NO2. The molecule has 0 atom stereocenters. The summed E-state index contributed by atoms with van der Waals surface area (Å²) in [6.45, 7) is -0.866. The average Bonchev–Trinajstić information content (AvgIpc) is 2.19. The minimum atomic E-state index is -4.33. The van der Waals surface area contributed by atoms with Crippen LogP contribution in [0.1, 0.15) is 25.7 Å². The average molecular weight is 332 g/mol. The van der Waals surface area contributed by atoms with Gasteiger partial charge in [-0.05, 0) is 19.3 Å². The Balaban J connectivity index is 2.24. The number of halogens is 4. The van der Waals surface area contributed by atoms with Gasteiger partial charge in [-0.2, -0.15) is 13.2 Å². The van der Waals surface area contributed by atoms with Gasteiger partial charge in [0.2, 0.25) is 5.91 Å². The van der Waals surface area contributed by atoms with Crippen LogP contribution >= 0.6 is 15.9 Å². The summed E-state index contributed by atoms with van der Waals surface area (Å²) in [5, 5.41) is 0.679. The number of rotatable bonds is 7. The first-order chi connectivity index (χ1) is 8.44. The van der Waals surface area contributed by atoms with Crippen molar-refractivity contribution in [3.63, 3.8) is 0 Å². The highest BCUT2D eigenvalue weighted by Gasteiger charge is 2.29. The zero-order chi connectivity index (χ0) is 13.6. The molecule has 0 aromatic heterocycles. The molecule has 0 aliphatic heterocycles. The molecule has 0 aromatic rings. The monoisotopic (exact) mass is 331 g/mol. The maximum Gasteiger partial charge on any atom is 0.411 e. The molecule has 0 saturated heterocycles. The zero-order valence-electron chi connectivity index (χ0n) is 10.0. The Morgan fingerprint density at radius 2 is 2.06 bits per heavy atom. The molecule has 0 unspecified atom stereocenters. The summed E-state index contributed by atoms with van der Waals surface area (Å²) >= 11 is 3.27. The molecule has 0 radical (unpaired) electrons. The van der Waals surface area contributed by atoms with E-state index in [9.17, 15) is 18.0 Å². The van der Waals surface area contributed by atoms with Crippen LogP contribution < -0.4 is 0 Å². The van der Waals surface area contributed by atoms with E-state index in [-0.39, 0.29) is 25.0 Å². The van der Waals surface area contributed by atoms with Gasteiger partial charge in [0.15, 0.2) is 0 Å². The molecule has 1 amide bonds. The Kier molecular flexibility index (Phi) is 6.42. The SMILES string of the molecule is O=C(CCOCC(F)(F)F)N(CCBr)C1CCC1. The molecule has 1 saturated carbocycles. The molecule has 1 rings (SSSR count). The van der Waals surface area contributed by atoms with Gasteiger partial charge in [-0.1, -0.05) is 15.9 Å². The number of carbonyl (C=O) groups is 1. The quantitative estimate of drug-likeness (QED) is 0.530. The summed E-state index contributed by atoms with van der Waals surface area (Å²) in [7, 11) is 0. The first-order valence-electron chi connectivity index (χ1n) is 5.94. The number of amides is 1. The predicted molar refractivity (Wildman–Crippen MR) is 64.6 cm³/mol. The number of nitrogens with zero attached hydrogens (tertiary/aromatic N) is 1. The van der Waals surface area contributed by atoms with Crippen LogP contribution in [-0.4, -0.2) is 48.1 Å². The van der Waals surface area contributed by atoms with E-state index < -0.39 is 12.8 Å². The zero-order valence-corrected chi connectivity index (χ0v) is 11.6. The van der Waals surface area contributed by atoms with Gasteiger partial charge in [0.25, 0.3) is 0 Å². The number of alkyl halides is 4. The normalized spacial score (nSPS) is 16.4. The van der Waals surface area contributed by atoms with Crippen molar-refractivity contribution in [2.45, 2.75) is 37.9 Å². The van der Waals surface area contributed by atoms with E-state index >= 15 is 0 Å². The molecule has 0 aromatic carbocycles. The lowest BCUT2D eigenvalue weighted by molar-refractivity contribution is -0.175. The molecule has 0 spiro atoms. The van der Waals surface area contributed by atoms with Gasteiger partial charge in [0.05, 0.1) is 13.0 Å². The summed E-state index contributed by atoms with van der Waals surface area (Å²) in [6, 6.07) is 0.262. The molecular weight excluding hydrogens is 315 g/mol. The van der Waals surface area contributed by atoms with Gasteiger partial charge in [-0.25, -0.2) is 0 Å². The van der Waals surface area contributed by atoms with Crippen LogP contribution in [-0.2, 0) is 9.53 Å². The van der Waals surface area contributed by atoms with E-state index in [0.29, 0.717) is 11.9 Å². The minimum absolute atomic E-state index is 0.0135. The van der Waals surface area contributed by atoms with Crippen molar-refractivity contribution in [2.24, 2.45) is 0 Å². The third-order valence-electron chi connectivity index (χ3n) is 2.89. The van der Waals surface area contributed by atoms with E-state index in [1.54, 1.807) is 4.90 Å². The minimum Gasteiger partial charge on any atom is -0.372 e. The Morgan fingerprint density at radius 3 is 2.50 bits per heavy atom. The van der Waals surface area contributed by atoms with Crippen LogP contribution in [0.3, 0.4) is 0 Å². The molecule has 0 heterocycles. The van der Waals surface area contributed by atoms with Gasteiger partial charge in [0.1, 0.15) is 6.61 Å². The van der Waals surface area contributed by atoms with Gasteiger partial charge in [-0.15, -0.1) is 0 Å². The summed E-state index contributed by atoms with van der Waals surface area (Å²) in [6.07, 6.45) is -1.22. The first-order valence-corrected chi connectivity index (χ1v) is 7.06. The van der Waals surface area contributed by atoms with Crippen LogP contribution in [0.5, 0.6) is 0 Å². The highest BCUT2D eigenvalue weighted by molar-refractivity contribution is 9.09. The highest BCUT2D eigenvalue weighted by Crippen LogP contribution is 2.25. The molecule has 18 heavy (non-hydrogen) atoms. The summed E-state index contributed by atoms with van der Waals surface area (Å²) in [4.78, 5) is 13.6. The number of carbonyl (C=O) groups excluding carboxylic acids is 1. The lowest BCUT2D eigenvalue weighted by atomic mass is 9.91. The van der Waals surface area contributed by atoms with Crippen LogP contribution in [0, 0.1) is 0 Å². The maximum absolute atomic E-state index is 11.8. The first kappa shape index (κ1) is 15.8. The third kappa shape index (κ3) is 5.56. The van der Waals surface area contributed by atoms with Gasteiger partial charge >= 0.3 is 6.18 Å². The second-order valence-corrected chi connectivity index (χ2v) is 5.07. The fourth-order valence-corrected chi connectivity index (χ4v) is 2.17. The van der Waals surface area contributed by atoms with Crippen LogP contribution in [0.2, 0.25) is 0 Å². The van der Waals surface area contributed by atoms with Crippen molar-refractivity contribution < 1.29 is 22.7 Å². The fraction of sp³-hybridized carbons (Fsp3) is 0.909. The van der Waals surface area contributed by atoms with Crippen molar-refractivity contribution in [3.05, 3.63) is 0 Å². The van der Waals surface area contributed by atoms with Crippen molar-refractivity contribution in [1.82, 2.24) is 4.90 Å². The van der Waals surface area contributed by atoms with Crippen molar-refractivity contribution in [1.29, 1.82) is 0 Å². The van der Waals surface area contributed by atoms with E-state index in [2.05, 4.69) is 20.7 Å². The van der Waals surface area contributed by atoms with Gasteiger partial charge in [0, 0.05) is 17.9 Å². The van der Waals surface area contributed by atoms with E-state index in [1.165, 1.54) is 0 Å². The second kappa shape index (κ2) is 7.33. The van der Waals surface area contributed by atoms with Crippen molar-refractivity contribution >= 4 is 21.8 Å². The topological polar surface area (TPSA) is 29.5 Å². The Bertz CT molecular complexity index is 270. The highest BCUT2D eigenvalue weighted by atomic mass is 79.9. The molecule has 0 N–H and O–H groups in total. The van der Waals surface area contributed by atoms with E-state index in [4.69, 9.17) is 0 Å². The van der Waals surface area contributed by atoms with E-state index in [0.717, 1.165) is 19.3 Å². The molecule has 1 aliphatic carbocycles. The van der Waals surface area contributed by atoms with Crippen LogP contribution in [0.15, 0.2) is 0 Å².